The Morgan fingerprint density at radius 1 is 0.507 bits per heavy atom. The van der Waals surface area contributed by atoms with Gasteiger partial charge in [-0.1, -0.05) is 237 Å². The van der Waals surface area contributed by atoms with Crippen molar-refractivity contribution in [3.8, 4) is 28.5 Å². The molecule has 0 aliphatic rings. The van der Waals surface area contributed by atoms with Crippen molar-refractivity contribution in [3.05, 3.63) is 293 Å². The average Bonchev–Trinajstić information content (AvgIpc) is 4.08. The summed E-state index contributed by atoms with van der Waals surface area (Å²) in [5, 5.41) is 14.8. The van der Waals surface area contributed by atoms with Crippen molar-refractivity contribution in [1.82, 2.24) is 29.8 Å². The van der Waals surface area contributed by atoms with Gasteiger partial charge in [0.2, 0.25) is 5.82 Å². The Morgan fingerprint density at radius 3 is 1.46 bits per heavy atom. The van der Waals surface area contributed by atoms with Crippen molar-refractivity contribution < 1.29 is 14.3 Å². The maximum absolute atomic E-state index is 15.1. The van der Waals surface area contributed by atoms with Crippen LogP contribution >= 0.6 is 0 Å². The Labute approximate surface area is 412 Å². The molecule has 11 aromatic rings. The molecule has 9 aromatic carbocycles. The summed E-state index contributed by atoms with van der Waals surface area (Å²) in [7, 11) is 0. The molecule has 9 nitrogen and oxygen atoms in total. The van der Waals surface area contributed by atoms with Crippen LogP contribution < -0.4 is 4.74 Å². The number of esters is 1. The Kier molecular flexibility index (Phi) is 12.1. The average molecular weight is 925 g/mol. The molecule has 0 amide bonds. The summed E-state index contributed by atoms with van der Waals surface area (Å²) < 4.78 is 15.1. The summed E-state index contributed by atoms with van der Waals surface area (Å²) in [5.41, 5.74) is 8.67. The molecule has 71 heavy (non-hydrogen) atoms. The van der Waals surface area contributed by atoms with Gasteiger partial charge in [0.1, 0.15) is 0 Å². The summed E-state index contributed by atoms with van der Waals surface area (Å²) in [6, 6.07) is 83.2. The van der Waals surface area contributed by atoms with E-state index < -0.39 is 17.1 Å². The highest BCUT2D eigenvalue weighted by atomic mass is 16.6. The number of ether oxygens (including phenoxy) is 2. The largest absolute Gasteiger partial charge is 0.465 e. The van der Waals surface area contributed by atoms with Crippen LogP contribution in [0.5, 0.6) is 6.01 Å². The number of hydrogen-bond acceptors (Lipinski definition) is 7. The molecule has 0 spiro atoms. The molecule has 0 unspecified atom stereocenters. The third kappa shape index (κ3) is 8.13. The summed E-state index contributed by atoms with van der Waals surface area (Å²) in [6.45, 7) is 2.69. The van der Waals surface area contributed by atoms with E-state index in [0.717, 1.165) is 55.6 Å². The maximum Gasteiger partial charge on any atom is 0.341 e. The van der Waals surface area contributed by atoms with E-state index in [2.05, 4.69) is 66.7 Å². The zero-order valence-electron chi connectivity index (χ0n) is 39.0. The van der Waals surface area contributed by atoms with Crippen LogP contribution in [-0.2, 0) is 22.4 Å². The minimum absolute atomic E-state index is 0.370. The van der Waals surface area contributed by atoms with Gasteiger partial charge in [-0.25, -0.2) is 4.79 Å². The lowest BCUT2D eigenvalue weighted by atomic mass is 9.77. The van der Waals surface area contributed by atoms with Crippen molar-refractivity contribution >= 4 is 17.0 Å². The molecule has 0 fully saturated rings. The van der Waals surface area contributed by atoms with Crippen molar-refractivity contribution in [2.24, 2.45) is 0 Å². The van der Waals surface area contributed by atoms with E-state index in [4.69, 9.17) is 29.9 Å². The topological polar surface area (TPSA) is 97.0 Å². The third-order valence-corrected chi connectivity index (χ3v) is 13.1. The van der Waals surface area contributed by atoms with E-state index in [1.807, 2.05) is 187 Å². The van der Waals surface area contributed by atoms with Crippen LogP contribution in [0.15, 0.2) is 249 Å². The standard InChI is InChI=1S/C62H48N6O3/c1-2-70-60-63-56-39-23-38-55(59(69)71-62(50-30-15-6-16-31-50,51-32-17-7-18-33-51)52-34-19-8-20-35-52)57(56)67(60)44-45-40-42-46(43-41-45)53-36-21-22-37-54(53)58-64-66-68(65-58)61(47-24-9-3-10-25-47,48-26-11-4-12-27-48)49-28-13-5-14-29-49/h3-43H,2,44H2,1H3. The lowest BCUT2D eigenvalue weighted by Crippen LogP contribution is -2.39. The van der Waals surface area contributed by atoms with Crippen LogP contribution in [0.1, 0.15) is 56.2 Å². The van der Waals surface area contributed by atoms with Gasteiger partial charge >= 0.3 is 5.97 Å². The van der Waals surface area contributed by atoms with E-state index in [0.29, 0.717) is 41.6 Å². The molecule has 0 radical (unpaired) electrons. The van der Waals surface area contributed by atoms with E-state index >= 15 is 4.79 Å². The van der Waals surface area contributed by atoms with Crippen molar-refractivity contribution in [1.29, 1.82) is 0 Å². The van der Waals surface area contributed by atoms with Gasteiger partial charge in [0, 0.05) is 22.3 Å². The molecule has 0 aliphatic heterocycles. The molecule has 0 bridgehead atoms. The van der Waals surface area contributed by atoms with Crippen molar-refractivity contribution in [2.45, 2.75) is 24.6 Å². The third-order valence-electron chi connectivity index (χ3n) is 13.1. The van der Waals surface area contributed by atoms with Crippen LogP contribution in [0.2, 0.25) is 0 Å². The number of fused-ring (bicyclic) bond motifs is 1. The molecule has 11 rings (SSSR count). The number of tetrazole rings is 1. The lowest BCUT2D eigenvalue weighted by Gasteiger charge is -2.35. The van der Waals surface area contributed by atoms with Crippen LogP contribution in [0.4, 0.5) is 0 Å². The second kappa shape index (κ2) is 19.4. The molecule has 0 N–H and O–H groups in total. The molecular weight excluding hydrogens is 877 g/mol. The van der Waals surface area contributed by atoms with Crippen molar-refractivity contribution in [2.75, 3.05) is 6.61 Å². The SMILES string of the molecule is CCOc1nc2cccc(C(=O)OC(c3ccccc3)(c3ccccc3)c3ccccc3)c2n1Cc1ccc(-c2ccccc2-c2nnn(C(c3ccccc3)(c3ccccc3)c3ccccc3)n2)cc1. The quantitative estimate of drug-likeness (QED) is 0.0746. The second-order valence-corrected chi connectivity index (χ2v) is 17.2. The molecule has 9 heteroatoms. The first kappa shape index (κ1) is 44.3. The fourth-order valence-electron chi connectivity index (χ4n) is 9.86. The summed E-state index contributed by atoms with van der Waals surface area (Å²) in [6.07, 6.45) is 0. The fourth-order valence-corrected chi connectivity index (χ4v) is 9.86. The molecule has 0 saturated heterocycles. The Morgan fingerprint density at radius 2 is 0.972 bits per heavy atom. The molecule has 2 aromatic heterocycles. The van der Waals surface area contributed by atoms with Gasteiger partial charge in [0.25, 0.3) is 6.01 Å². The highest BCUT2D eigenvalue weighted by Gasteiger charge is 2.43. The zero-order chi connectivity index (χ0) is 48.0. The van der Waals surface area contributed by atoms with E-state index in [1.165, 1.54) is 0 Å². The summed E-state index contributed by atoms with van der Waals surface area (Å²) >= 11 is 0. The summed E-state index contributed by atoms with van der Waals surface area (Å²) in [5.74, 6) is 0.000662. The number of carbonyl (C=O) groups excluding carboxylic acids is 1. The predicted octanol–water partition coefficient (Wildman–Crippen LogP) is 12.8. The lowest BCUT2D eigenvalue weighted by molar-refractivity contribution is 0.0143. The van der Waals surface area contributed by atoms with Crippen LogP contribution in [-0.4, -0.2) is 42.3 Å². The fraction of sp³-hybridized carbons (Fsp3) is 0.0806. The van der Waals surface area contributed by atoms with Gasteiger partial charge in [-0.2, -0.15) is 4.98 Å². The van der Waals surface area contributed by atoms with Gasteiger partial charge in [-0.15, -0.1) is 15.0 Å². The van der Waals surface area contributed by atoms with Crippen LogP contribution in [0.25, 0.3) is 33.5 Å². The highest BCUT2D eigenvalue weighted by molar-refractivity contribution is 6.03. The molecule has 2 heterocycles. The number of hydrogen-bond donors (Lipinski definition) is 0. The van der Waals surface area contributed by atoms with Gasteiger partial charge in [0.05, 0.1) is 29.7 Å². The highest BCUT2D eigenvalue weighted by Crippen LogP contribution is 2.43. The van der Waals surface area contributed by atoms with E-state index in [1.54, 1.807) is 10.9 Å². The van der Waals surface area contributed by atoms with Gasteiger partial charge < -0.3 is 9.47 Å². The second-order valence-electron chi connectivity index (χ2n) is 17.2. The van der Waals surface area contributed by atoms with Crippen LogP contribution in [0.3, 0.4) is 0 Å². The number of aromatic nitrogens is 6. The Bertz CT molecular complexity index is 3360. The molecule has 0 aliphatic carbocycles. The minimum atomic E-state index is -1.26. The van der Waals surface area contributed by atoms with Gasteiger partial charge in [-0.05, 0) is 57.7 Å². The molecule has 0 atom stereocenters. The number of rotatable bonds is 15. The Balaban J connectivity index is 0.953. The zero-order valence-corrected chi connectivity index (χ0v) is 39.0. The molecule has 0 saturated carbocycles. The normalized spacial score (nSPS) is 11.6. The van der Waals surface area contributed by atoms with E-state index in [-0.39, 0.29) is 0 Å². The smallest absolute Gasteiger partial charge is 0.341 e. The number of carbonyl (C=O) groups is 1. The van der Waals surface area contributed by atoms with E-state index in [9.17, 15) is 0 Å². The predicted molar refractivity (Wildman–Crippen MR) is 278 cm³/mol. The Hall–Kier alpha value is -9.21. The number of para-hydroxylation sites is 1. The first-order valence-electron chi connectivity index (χ1n) is 23.8. The molecule has 344 valence electrons. The van der Waals surface area contributed by atoms with Crippen LogP contribution in [0, 0.1) is 0 Å². The van der Waals surface area contributed by atoms with Gasteiger partial charge in [-0.3, -0.25) is 4.57 Å². The maximum atomic E-state index is 15.1. The molecular formula is C62H48N6O3. The number of nitrogens with zero attached hydrogens (tertiary/aromatic N) is 6. The minimum Gasteiger partial charge on any atom is -0.465 e. The number of benzene rings is 9. The van der Waals surface area contributed by atoms with Gasteiger partial charge in [0.15, 0.2) is 11.1 Å². The first-order chi connectivity index (χ1) is 35.1. The monoisotopic (exact) mass is 924 g/mol. The summed E-state index contributed by atoms with van der Waals surface area (Å²) in [4.78, 5) is 21.7. The number of imidazole rings is 1. The van der Waals surface area contributed by atoms with Crippen molar-refractivity contribution in [3.63, 3.8) is 0 Å². The first-order valence-corrected chi connectivity index (χ1v) is 23.8.